The number of para-hydroxylation sites is 1. The van der Waals surface area contributed by atoms with Crippen LogP contribution in [0.3, 0.4) is 0 Å². The zero-order chi connectivity index (χ0) is 19.4. The molecule has 1 atom stereocenters. The van der Waals surface area contributed by atoms with Crippen molar-refractivity contribution in [2.75, 3.05) is 7.11 Å². The summed E-state index contributed by atoms with van der Waals surface area (Å²) >= 11 is 0. The van der Waals surface area contributed by atoms with Crippen LogP contribution in [0.1, 0.15) is 27.0 Å². The number of nitrogens with one attached hydrogen (secondary N) is 1. The quantitative estimate of drug-likeness (QED) is 0.707. The average Bonchev–Trinajstić information content (AvgIpc) is 2.69. The topological polar surface area (TPSA) is 68.3 Å². The molecule has 1 N–H and O–H groups in total. The van der Waals surface area contributed by atoms with Crippen molar-refractivity contribution in [1.29, 1.82) is 0 Å². The molecule has 0 aliphatic carbocycles. The minimum atomic E-state index is -0.774. The molecule has 1 amide bonds. The molecule has 0 bridgehead atoms. The lowest BCUT2D eigenvalue weighted by Crippen LogP contribution is -2.43. The minimum absolute atomic E-state index is 0.349. The largest absolute Gasteiger partial charge is 0.467 e. The van der Waals surface area contributed by atoms with Gasteiger partial charge in [0.2, 0.25) is 0 Å². The Balaban J connectivity index is 1.86. The lowest BCUT2D eigenvalue weighted by molar-refractivity contribution is -0.142. The van der Waals surface area contributed by atoms with Gasteiger partial charge in [0.05, 0.1) is 18.2 Å². The van der Waals surface area contributed by atoms with Crippen LogP contribution in [-0.2, 0) is 16.0 Å². The fourth-order valence-corrected chi connectivity index (χ4v) is 3.03. The van der Waals surface area contributed by atoms with Gasteiger partial charge in [0, 0.05) is 18.0 Å². The summed E-state index contributed by atoms with van der Waals surface area (Å²) in [4.78, 5) is 29.4. The molecule has 0 unspecified atom stereocenters. The number of aromatic nitrogens is 1. The SMILES string of the molecule is COC(=O)[C@@H](Cc1ccc(C)c(C)c1)NC(=O)c1cccc2cccnc12. The first kappa shape index (κ1) is 18.6. The maximum Gasteiger partial charge on any atom is 0.328 e. The van der Waals surface area contributed by atoms with Gasteiger partial charge in [-0.1, -0.05) is 36.4 Å². The lowest BCUT2D eigenvalue weighted by Gasteiger charge is -2.17. The van der Waals surface area contributed by atoms with E-state index in [2.05, 4.69) is 10.3 Å². The van der Waals surface area contributed by atoms with Crippen LogP contribution in [0.2, 0.25) is 0 Å². The number of amides is 1. The van der Waals surface area contributed by atoms with Crippen molar-refractivity contribution >= 4 is 22.8 Å². The van der Waals surface area contributed by atoms with Crippen LogP contribution in [0.15, 0.2) is 54.7 Å². The second-order valence-electron chi connectivity index (χ2n) is 6.55. The van der Waals surface area contributed by atoms with Gasteiger partial charge in [-0.3, -0.25) is 9.78 Å². The number of ether oxygens (including phenoxy) is 1. The number of fused-ring (bicyclic) bond motifs is 1. The fourth-order valence-electron chi connectivity index (χ4n) is 3.03. The van der Waals surface area contributed by atoms with Crippen molar-refractivity contribution in [3.8, 4) is 0 Å². The number of rotatable bonds is 5. The maximum absolute atomic E-state index is 12.8. The van der Waals surface area contributed by atoms with Gasteiger partial charge in [0.1, 0.15) is 6.04 Å². The van der Waals surface area contributed by atoms with Crippen molar-refractivity contribution in [2.45, 2.75) is 26.3 Å². The van der Waals surface area contributed by atoms with Crippen LogP contribution in [-0.4, -0.2) is 30.0 Å². The van der Waals surface area contributed by atoms with Crippen LogP contribution in [0.4, 0.5) is 0 Å². The molecule has 5 heteroatoms. The predicted octanol–water partition coefficient (Wildman–Crippen LogP) is 3.37. The summed E-state index contributed by atoms with van der Waals surface area (Å²) in [5.74, 6) is -0.826. The van der Waals surface area contributed by atoms with Gasteiger partial charge < -0.3 is 10.1 Å². The van der Waals surface area contributed by atoms with E-state index in [-0.39, 0.29) is 5.91 Å². The third-order valence-electron chi connectivity index (χ3n) is 4.68. The van der Waals surface area contributed by atoms with Crippen LogP contribution >= 0.6 is 0 Å². The molecular formula is C22H22N2O3. The summed E-state index contributed by atoms with van der Waals surface area (Å²) in [7, 11) is 1.32. The Kier molecular flexibility index (Phi) is 5.50. The number of aryl methyl sites for hydroxylation is 2. The highest BCUT2D eigenvalue weighted by Gasteiger charge is 2.23. The first-order chi connectivity index (χ1) is 13.0. The number of benzene rings is 2. The van der Waals surface area contributed by atoms with Gasteiger partial charge in [-0.15, -0.1) is 0 Å². The van der Waals surface area contributed by atoms with Crippen LogP contribution in [0.25, 0.3) is 10.9 Å². The highest BCUT2D eigenvalue weighted by molar-refractivity contribution is 6.06. The van der Waals surface area contributed by atoms with E-state index in [1.54, 1.807) is 18.3 Å². The Morgan fingerprint density at radius 3 is 2.59 bits per heavy atom. The Bertz CT molecular complexity index is 993. The van der Waals surface area contributed by atoms with Gasteiger partial charge >= 0.3 is 5.97 Å². The minimum Gasteiger partial charge on any atom is -0.467 e. The molecule has 138 valence electrons. The molecule has 0 aliphatic heterocycles. The lowest BCUT2D eigenvalue weighted by atomic mass is 10.0. The Morgan fingerprint density at radius 2 is 1.85 bits per heavy atom. The Morgan fingerprint density at radius 1 is 1.07 bits per heavy atom. The highest BCUT2D eigenvalue weighted by atomic mass is 16.5. The molecule has 27 heavy (non-hydrogen) atoms. The van der Waals surface area contributed by atoms with E-state index < -0.39 is 12.0 Å². The molecule has 0 saturated heterocycles. The van der Waals surface area contributed by atoms with E-state index in [0.29, 0.717) is 17.5 Å². The van der Waals surface area contributed by atoms with E-state index >= 15 is 0 Å². The van der Waals surface area contributed by atoms with E-state index in [0.717, 1.165) is 16.5 Å². The number of hydrogen-bond donors (Lipinski definition) is 1. The van der Waals surface area contributed by atoms with Gasteiger partial charge in [-0.2, -0.15) is 0 Å². The van der Waals surface area contributed by atoms with Gasteiger partial charge in [-0.05, 0) is 42.7 Å². The third kappa shape index (κ3) is 4.14. The number of hydrogen-bond acceptors (Lipinski definition) is 4. The molecule has 0 fully saturated rings. The van der Waals surface area contributed by atoms with Crippen LogP contribution < -0.4 is 5.32 Å². The highest BCUT2D eigenvalue weighted by Crippen LogP contribution is 2.17. The van der Waals surface area contributed by atoms with Crippen molar-refractivity contribution in [3.05, 3.63) is 77.0 Å². The Labute approximate surface area is 158 Å². The standard InChI is InChI=1S/C22H22N2O3/c1-14-9-10-16(12-15(14)2)13-19(22(26)27-3)24-21(25)18-8-4-6-17-7-5-11-23-20(17)18/h4-12,19H,13H2,1-3H3,(H,24,25)/t19-/m1/s1. The predicted molar refractivity (Wildman–Crippen MR) is 105 cm³/mol. The van der Waals surface area contributed by atoms with E-state index in [1.807, 2.05) is 50.2 Å². The monoisotopic (exact) mass is 362 g/mol. The number of esters is 1. The maximum atomic E-state index is 12.8. The van der Waals surface area contributed by atoms with Crippen molar-refractivity contribution < 1.29 is 14.3 Å². The summed E-state index contributed by atoms with van der Waals surface area (Å²) in [6.07, 6.45) is 2.00. The molecule has 0 saturated carbocycles. The Hall–Kier alpha value is -3.21. The molecule has 1 heterocycles. The van der Waals surface area contributed by atoms with Crippen molar-refractivity contribution in [1.82, 2.24) is 10.3 Å². The third-order valence-corrected chi connectivity index (χ3v) is 4.68. The number of pyridine rings is 1. The summed E-state index contributed by atoms with van der Waals surface area (Å²) < 4.78 is 4.89. The summed E-state index contributed by atoms with van der Waals surface area (Å²) in [6.45, 7) is 4.05. The fraction of sp³-hybridized carbons (Fsp3) is 0.227. The van der Waals surface area contributed by atoms with Crippen LogP contribution in [0.5, 0.6) is 0 Å². The zero-order valence-electron chi connectivity index (χ0n) is 15.7. The van der Waals surface area contributed by atoms with Gasteiger partial charge in [0.25, 0.3) is 5.91 Å². The first-order valence-electron chi connectivity index (χ1n) is 8.78. The smallest absolute Gasteiger partial charge is 0.328 e. The second-order valence-corrected chi connectivity index (χ2v) is 6.55. The molecule has 5 nitrogen and oxygen atoms in total. The second kappa shape index (κ2) is 7.99. The molecule has 2 aromatic carbocycles. The van der Waals surface area contributed by atoms with Crippen molar-refractivity contribution in [3.63, 3.8) is 0 Å². The molecule has 0 radical (unpaired) electrons. The molecule has 1 aromatic heterocycles. The molecule has 3 rings (SSSR count). The average molecular weight is 362 g/mol. The zero-order valence-corrected chi connectivity index (χ0v) is 15.7. The van der Waals surface area contributed by atoms with Gasteiger partial charge in [0.15, 0.2) is 0 Å². The van der Waals surface area contributed by atoms with Crippen molar-refractivity contribution in [2.24, 2.45) is 0 Å². The molecule has 3 aromatic rings. The summed E-state index contributed by atoms with van der Waals surface area (Å²) in [6, 6.07) is 14.3. The number of methoxy groups -OCH3 is 1. The number of carbonyl (C=O) groups excluding carboxylic acids is 2. The molecule has 0 spiro atoms. The molecule has 0 aliphatic rings. The van der Waals surface area contributed by atoms with E-state index in [9.17, 15) is 9.59 Å². The first-order valence-corrected chi connectivity index (χ1v) is 8.78. The summed E-state index contributed by atoms with van der Waals surface area (Å²) in [5.41, 5.74) is 4.32. The number of nitrogens with zero attached hydrogens (tertiary/aromatic N) is 1. The number of carbonyl (C=O) groups is 2. The van der Waals surface area contributed by atoms with E-state index in [4.69, 9.17) is 4.74 Å². The summed E-state index contributed by atoms with van der Waals surface area (Å²) in [5, 5.41) is 3.67. The van der Waals surface area contributed by atoms with E-state index in [1.165, 1.54) is 12.7 Å². The van der Waals surface area contributed by atoms with Crippen LogP contribution in [0, 0.1) is 13.8 Å². The normalized spacial score (nSPS) is 11.8. The molecular weight excluding hydrogens is 340 g/mol. The van der Waals surface area contributed by atoms with Gasteiger partial charge in [-0.25, -0.2) is 4.79 Å².